The van der Waals surface area contributed by atoms with Crippen molar-refractivity contribution >= 4 is 29.3 Å². The van der Waals surface area contributed by atoms with Crippen LogP contribution in [0.4, 0.5) is 5.69 Å². The zero-order valence-corrected chi connectivity index (χ0v) is 16.6. The van der Waals surface area contributed by atoms with Crippen molar-refractivity contribution in [3.63, 3.8) is 0 Å². The zero-order chi connectivity index (χ0) is 19.3. The van der Waals surface area contributed by atoms with Crippen LogP contribution in [0.3, 0.4) is 0 Å². The van der Waals surface area contributed by atoms with Crippen molar-refractivity contribution in [3.05, 3.63) is 54.6 Å². The van der Waals surface area contributed by atoms with Crippen molar-refractivity contribution in [3.8, 4) is 0 Å². The number of ether oxygens (including phenoxy) is 1. The predicted octanol–water partition coefficient (Wildman–Crippen LogP) is 4.90. The molecule has 1 amide bonds. The molecule has 2 bridgehead atoms. The van der Waals surface area contributed by atoms with Crippen molar-refractivity contribution in [2.45, 2.75) is 49.0 Å². The maximum Gasteiger partial charge on any atom is 0.313 e. The molecule has 140 valence electrons. The van der Waals surface area contributed by atoms with Crippen molar-refractivity contribution < 1.29 is 14.3 Å². The quantitative estimate of drug-likeness (QED) is 0.766. The Kier molecular flexibility index (Phi) is 4.11. The molecule has 0 spiro atoms. The van der Waals surface area contributed by atoms with E-state index in [0.717, 1.165) is 15.5 Å². The van der Waals surface area contributed by atoms with Crippen molar-refractivity contribution in [1.82, 2.24) is 0 Å². The number of anilines is 1. The lowest BCUT2D eigenvalue weighted by Crippen LogP contribution is -2.50. The Morgan fingerprint density at radius 3 is 2.30 bits per heavy atom. The van der Waals surface area contributed by atoms with E-state index in [-0.39, 0.29) is 11.9 Å². The van der Waals surface area contributed by atoms with Gasteiger partial charge < -0.3 is 10.1 Å². The minimum Gasteiger partial charge on any atom is -0.448 e. The molecule has 4 nitrogen and oxygen atoms in total. The van der Waals surface area contributed by atoms with Crippen molar-refractivity contribution in [1.29, 1.82) is 0 Å². The van der Waals surface area contributed by atoms with E-state index in [1.807, 2.05) is 75.4 Å². The Bertz CT molecular complexity index is 911. The first-order valence-electron chi connectivity index (χ1n) is 9.17. The van der Waals surface area contributed by atoms with Gasteiger partial charge >= 0.3 is 5.97 Å². The van der Waals surface area contributed by atoms with Gasteiger partial charge in [0, 0.05) is 15.2 Å². The number of esters is 1. The Labute approximate surface area is 163 Å². The summed E-state index contributed by atoms with van der Waals surface area (Å²) >= 11 is 1.59. The first kappa shape index (κ1) is 18.1. The Hall–Kier alpha value is -2.27. The van der Waals surface area contributed by atoms with Crippen LogP contribution in [0, 0.1) is 10.8 Å². The minimum absolute atomic E-state index is 0.233. The number of para-hydroxylation sites is 1. The Morgan fingerprint density at radius 1 is 1.00 bits per heavy atom. The van der Waals surface area contributed by atoms with E-state index in [9.17, 15) is 9.59 Å². The lowest BCUT2D eigenvalue weighted by molar-refractivity contribution is -0.165. The molecule has 1 N–H and O–H groups in total. The van der Waals surface area contributed by atoms with Crippen LogP contribution in [0.25, 0.3) is 0 Å². The Balaban J connectivity index is 1.62. The molecule has 4 rings (SSSR count). The van der Waals surface area contributed by atoms with Gasteiger partial charge in [0.25, 0.3) is 5.91 Å². The third-order valence-corrected chi connectivity index (χ3v) is 7.64. The fourth-order valence-corrected chi connectivity index (χ4v) is 5.17. The van der Waals surface area contributed by atoms with E-state index in [0.29, 0.717) is 12.8 Å². The number of rotatable bonds is 4. The van der Waals surface area contributed by atoms with Crippen LogP contribution in [0.1, 0.15) is 33.6 Å². The average molecular weight is 381 g/mol. The number of benzene rings is 2. The molecule has 0 aromatic heterocycles. The van der Waals surface area contributed by atoms with Gasteiger partial charge in [-0.3, -0.25) is 9.59 Å². The molecule has 0 unspecified atom stereocenters. The number of nitrogens with one attached hydrogen (secondary N) is 1. The molecule has 2 aromatic carbocycles. The van der Waals surface area contributed by atoms with Crippen molar-refractivity contribution in [2.75, 3.05) is 5.32 Å². The summed E-state index contributed by atoms with van der Waals surface area (Å²) in [6.07, 6.45) is 1.23. The second-order valence-electron chi connectivity index (χ2n) is 8.04. The maximum absolute atomic E-state index is 13.3. The maximum atomic E-state index is 13.3. The van der Waals surface area contributed by atoms with Crippen LogP contribution < -0.4 is 5.32 Å². The van der Waals surface area contributed by atoms with Crippen LogP contribution in [0.15, 0.2) is 64.4 Å². The average Bonchev–Trinajstić information content (AvgIpc) is 2.94. The highest BCUT2D eigenvalue weighted by Gasteiger charge is 2.75. The molecule has 2 fully saturated rings. The highest BCUT2D eigenvalue weighted by Crippen LogP contribution is 2.65. The lowest BCUT2D eigenvalue weighted by Gasteiger charge is -2.35. The van der Waals surface area contributed by atoms with Crippen LogP contribution in [0.5, 0.6) is 0 Å². The van der Waals surface area contributed by atoms with Gasteiger partial charge in [-0.25, -0.2) is 0 Å². The number of fused-ring (bicyclic) bond motifs is 2. The molecule has 1 saturated heterocycles. The highest BCUT2D eigenvalue weighted by atomic mass is 32.2. The molecule has 2 aromatic rings. The van der Waals surface area contributed by atoms with E-state index in [4.69, 9.17) is 4.74 Å². The van der Waals surface area contributed by atoms with Crippen LogP contribution >= 0.6 is 11.8 Å². The number of carbonyl (C=O) groups is 2. The van der Waals surface area contributed by atoms with Crippen LogP contribution in [-0.2, 0) is 14.3 Å². The summed E-state index contributed by atoms with van der Waals surface area (Å²) in [7, 11) is 0. The van der Waals surface area contributed by atoms with E-state index in [1.165, 1.54) is 0 Å². The second-order valence-corrected chi connectivity index (χ2v) is 9.15. The Morgan fingerprint density at radius 2 is 1.67 bits per heavy atom. The third kappa shape index (κ3) is 2.52. The smallest absolute Gasteiger partial charge is 0.313 e. The van der Waals surface area contributed by atoms with Crippen LogP contribution in [-0.4, -0.2) is 17.5 Å². The lowest BCUT2D eigenvalue weighted by atomic mass is 9.66. The zero-order valence-electron chi connectivity index (χ0n) is 15.7. The third-order valence-electron chi connectivity index (χ3n) is 6.56. The van der Waals surface area contributed by atoms with E-state index in [2.05, 4.69) is 5.32 Å². The first-order chi connectivity index (χ1) is 12.8. The minimum atomic E-state index is -1.11. The number of hydrogen-bond acceptors (Lipinski definition) is 4. The van der Waals surface area contributed by atoms with Gasteiger partial charge in [0.2, 0.25) is 0 Å². The summed E-state index contributed by atoms with van der Waals surface area (Å²) in [6.45, 7) is 5.85. The van der Waals surface area contributed by atoms with Gasteiger partial charge in [0.05, 0.1) is 11.1 Å². The molecule has 2 atom stereocenters. The summed E-state index contributed by atoms with van der Waals surface area (Å²) in [5.41, 5.74) is -1.53. The normalized spacial score (nSPS) is 28.0. The topological polar surface area (TPSA) is 55.4 Å². The van der Waals surface area contributed by atoms with Crippen molar-refractivity contribution in [2.24, 2.45) is 10.8 Å². The summed E-state index contributed by atoms with van der Waals surface area (Å²) in [4.78, 5) is 27.8. The first-order valence-corrected chi connectivity index (χ1v) is 9.99. The van der Waals surface area contributed by atoms with Gasteiger partial charge in [0.15, 0.2) is 5.60 Å². The highest BCUT2D eigenvalue weighted by molar-refractivity contribution is 7.99. The molecule has 1 saturated carbocycles. The van der Waals surface area contributed by atoms with Gasteiger partial charge in [-0.1, -0.05) is 55.9 Å². The monoisotopic (exact) mass is 381 g/mol. The van der Waals surface area contributed by atoms with Gasteiger partial charge in [-0.05, 0) is 44.0 Å². The fourth-order valence-electron chi connectivity index (χ4n) is 4.24. The molecule has 5 heteroatoms. The fraction of sp³-hybridized carbons (Fsp3) is 0.364. The SMILES string of the molecule is CC1(C)[C@@]2(C)CC[C@]1(C(=O)Nc1ccccc1Sc1ccccc1)OC2=O. The van der Waals surface area contributed by atoms with E-state index < -0.39 is 16.4 Å². The van der Waals surface area contributed by atoms with Gasteiger partial charge in [0.1, 0.15) is 0 Å². The number of amides is 1. The second kappa shape index (κ2) is 6.13. The molecule has 1 heterocycles. The summed E-state index contributed by atoms with van der Waals surface area (Å²) in [6, 6.07) is 17.7. The molecule has 1 aliphatic carbocycles. The molecule has 27 heavy (non-hydrogen) atoms. The summed E-state index contributed by atoms with van der Waals surface area (Å²) in [5.74, 6) is -0.496. The van der Waals surface area contributed by atoms with E-state index in [1.54, 1.807) is 11.8 Å². The number of hydrogen-bond donors (Lipinski definition) is 1. The standard InChI is InChI=1S/C22H23NO3S/c1-20(2)21(3)13-14-22(20,26-19(21)25)18(24)23-16-11-7-8-12-17(16)27-15-9-5-4-6-10-15/h4-12H,13-14H2,1-3H3,(H,23,24)/t21-,22+/m0/s1. The number of carbonyl (C=O) groups excluding carboxylic acids is 2. The van der Waals surface area contributed by atoms with Gasteiger partial charge in [-0.2, -0.15) is 0 Å². The van der Waals surface area contributed by atoms with Gasteiger partial charge in [-0.15, -0.1) is 0 Å². The summed E-state index contributed by atoms with van der Waals surface area (Å²) in [5, 5.41) is 3.05. The predicted molar refractivity (Wildman–Crippen MR) is 106 cm³/mol. The molecule has 2 aliphatic rings. The molecule has 1 aliphatic heterocycles. The molecular weight excluding hydrogens is 358 g/mol. The molecule has 0 radical (unpaired) electrons. The largest absolute Gasteiger partial charge is 0.448 e. The van der Waals surface area contributed by atoms with E-state index >= 15 is 0 Å². The molecular formula is C22H23NO3S. The van der Waals surface area contributed by atoms with Crippen LogP contribution in [0.2, 0.25) is 0 Å². The summed E-state index contributed by atoms with van der Waals surface area (Å²) < 4.78 is 5.70.